The average Bonchev–Trinajstić information content (AvgIpc) is 3.60. The number of hydrogen-bond acceptors (Lipinski definition) is 4. The van der Waals surface area contributed by atoms with Crippen LogP contribution in [0, 0.1) is 17.2 Å². The van der Waals surface area contributed by atoms with Gasteiger partial charge in [-0.1, -0.05) is 23.8 Å². The molecule has 2 aromatic carbocycles. The molecule has 0 bridgehead atoms. The van der Waals surface area contributed by atoms with Gasteiger partial charge in [-0.15, -0.1) is 0 Å². The van der Waals surface area contributed by atoms with Gasteiger partial charge in [0.2, 0.25) is 0 Å². The molecule has 0 radical (unpaired) electrons. The molecular formula is C27H28N2O3. The van der Waals surface area contributed by atoms with E-state index in [0.29, 0.717) is 25.6 Å². The Kier molecular flexibility index (Phi) is 5.48. The summed E-state index contributed by atoms with van der Waals surface area (Å²) in [5.74, 6) is 0.537. The molecule has 2 fully saturated rings. The minimum Gasteiger partial charge on any atom is -0.489 e. The van der Waals surface area contributed by atoms with Gasteiger partial charge in [-0.25, -0.2) is 0 Å². The first-order valence-electron chi connectivity index (χ1n) is 11.4. The Morgan fingerprint density at radius 3 is 2.72 bits per heavy atom. The number of benzene rings is 2. The van der Waals surface area contributed by atoms with Gasteiger partial charge in [-0.2, -0.15) is 5.26 Å². The van der Waals surface area contributed by atoms with E-state index in [4.69, 9.17) is 9.84 Å². The van der Waals surface area contributed by atoms with E-state index in [9.17, 15) is 10.1 Å². The van der Waals surface area contributed by atoms with E-state index in [1.807, 2.05) is 12.1 Å². The van der Waals surface area contributed by atoms with Gasteiger partial charge in [0.1, 0.15) is 12.4 Å². The maximum Gasteiger partial charge on any atom is 0.309 e. The molecule has 1 heterocycles. The van der Waals surface area contributed by atoms with Crippen LogP contribution in [0.15, 0.2) is 42.0 Å². The minimum absolute atomic E-state index is 0.208. The predicted octanol–water partition coefficient (Wildman–Crippen LogP) is 4.75. The summed E-state index contributed by atoms with van der Waals surface area (Å²) in [6.45, 7) is 4.80. The quantitative estimate of drug-likeness (QED) is 0.689. The van der Waals surface area contributed by atoms with Crippen LogP contribution >= 0.6 is 0 Å². The number of fused-ring (bicyclic) bond motifs is 1. The zero-order valence-electron chi connectivity index (χ0n) is 18.4. The number of nitrogens with zero attached hydrogens (tertiary/aromatic N) is 2. The van der Waals surface area contributed by atoms with Crippen molar-refractivity contribution in [3.05, 3.63) is 69.8 Å². The van der Waals surface area contributed by atoms with Gasteiger partial charge in [0, 0.05) is 19.6 Å². The fourth-order valence-corrected chi connectivity index (χ4v) is 4.93. The topological polar surface area (TPSA) is 73.6 Å². The van der Waals surface area contributed by atoms with E-state index in [2.05, 4.69) is 42.2 Å². The van der Waals surface area contributed by atoms with Gasteiger partial charge in [-0.05, 0) is 84.6 Å². The Morgan fingerprint density at radius 2 is 2.00 bits per heavy atom. The normalized spacial score (nSPS) is 18.6. The second kappa shape index (κ2) is 8.44. The Labute approximate surface area is 188 Å². The second-order valence-electron chi connectivity index (χ2n) is 9.37. The highest BCUT2D eigenvalue weighted by molar-refractivity contribution is 5.73. The van der Waals surface area contributed by atoms with Crippen LogP contribution in [-0.2, 0) is 17.8 Å². The van der Waals surface area contributed by atoms with Crippen molar-refractivity contribution in [2.45, 2.75) is 45.1 Å². The van der Waals surface area contributed by atoms with Crippen LogP contribution in [0.1, 0.15) is 59.9 Å². The molecule has 1 saturated carbocycles. The van der Waals surface area contributed by atoms with Crippen molar-refractivity contribution in [3.8, 4) is 11.8 Å². The van der Waals surface area contributed by atoms with Crippen LogP contribution in [0.3, 0.4) is 0 Å². The van der Waals surface area contributed by atoms with Crippen LogP contribution < -0.4 is 4.74 Å². The lowest BCUT2D eigenvalue weighted by Crippen LogP contribution is -2.50. The first kappa shape index (κ1) is 20.8. The average molecular weight is 429 g/mol. The van der Waals surface area contributed by atoms with Crippen LogP contribution in [0.25, 0.3) is 5.57 Å². The molecule has 0 spiro atoms. The summed E-state index contributed by atoms with van der Waals surface area (Å²) in [7, 11) is 0. The molecule has 2 aromatic rings. The van der Waals surface area contributed by atoms with Crippen LogP contribution in [0.2, 0.25) is 0 Å². The molecule has 3 aliphatic rings. The number of hydrogen-bond donors (Lipinski definition) is 1. The summed E-state index contributed by atoms with van der Waals surface area (Å²) in [5, 5.41) is 18.5. The largest absolute Gasteiger partial charge is 0.489 e. The Morgan fingerprint density at radius 1 is 1.19 bits per heavy atom. The van der Waals surface area contributed by atoms with Gasteiger partial charge in [0.15, 0.2) is 0 Å². The van der Waals surface area contributed by atoms with Crippen molar-refractivity contribution in [3.63, 3.8) is 0 Å². The van der Waals surface area contributed by atoms with Crippen LogP contribution in [0.4, 0.5) is 0 Å². The van der Waals surface area contributed by atoms with Gasteiger partial charge >= 0.3 is 5.97 Å². The fraction of sp³-hybridized carbons (Fsp3) is 0.407. The highest BCUT2D eigenvalue weighted by Gasteiger charge is 2.33. The summed E-state index contributed by atoms with van der Waals surface area (Å²) in [5.41, 5.74) is 8.29. The molecule has 0 amide bonds. The highest BCUT2D eigenvalue weighted by Crippen LogP contribution is 2.41. The molecule has 0 unspecified atom stereocenters. The summed E-state index contributed by atoms with van der Waals surface area (Å²) in [6, 6.07) is 14.8. The smallest absolute Gasteiger partial charge is 0.309 e. The first-order valence-corrected chi connectivity index (χ1v) is 11.4. The zero-order valence-corrected chi connectivity index (χ0v) is 18.4. The third-order valence-electron chi connectivity index (χ3n) is 7.09. The van der Waals surface area contributed by atoms with E-state index < -0.39 is 5.97 Å². The van der Waals surface area contributed by atoms with Crippen molar-refractivity contribution in [2.24, 2.45) is 5.92 Å². The number of rotatable bonds is 7. The fourth-order valence-electron chi connectivity index (χ4n) is 4.93. The molecule has 5 nitrogen and oxygen atoms in total. The monoisotopic (exact) mass is 428 g/mol. The maximum atomic E-state index is 11.0. The lowest BCUT2D eigenvalue weighted by atomic mass is 9.85. The molecule has 5 rings (SSSR count). The lowest BCUT2D eigenvalue weighted by molar-refractivity contribution is -0.147. The summed E-state index contributed by atoms with van der Waals surface area (Å²) in [6.07, 6.45) is 4.36. The first-order chi connectivity index (χ1) is 15.5. The van der Waals surface area contributed by atoms with Crippen molar-refractivity contribution in [1.82, 2.24) is 4.90 Å². The molecular weight excluding hydrogens is 400 g/mol. The number of ether oxygens (including phenoxy) is 1. The number of aryl methyl sites for hydroxylation is 1. The van der Waals surface area contributed by atoms with E-state index >= 15 is 0 Å². The molecule has 0 aromatic heterocycles. The lowest BCUT2D eigenvalue weighted by Gasteiger charge is -2.38. The van der Waals surface area contributed by atoms with E-state index in [0.717, 1.165) is 36.3 Å². The SMILES string of the molecule is CC1=C(CN2CC(C(=O)O)C2)CCc2cc(OCc3ccc(C4CC4)c(C#N)c3)ccc21. The predicted molar refractivity (Wildman–Crippen MR) is 122 cm³/mol. The maximum absolute atomic E-state index is 11.0. The third kappa shape index (κ3) is 4.16. The van der Waals surface area contributed by atoms with Crippen molar-refractivity contribution >= 4 is 11.5 Å². The third-order valence-corrected chi connectivity index (χ3v) is 7.09. The Hall–Kier alpha value is -3.10. The second-order valence-corrected chi connectivity index (χ2v) is 9.37. The van der Waals surface area contributed by atoms with Crippen molar-refractivity contribution in [2.75, 3.05) is 19.6 Å². The number of nitriles is 1. The van der Waals surface area contributed by atoms with Gasteiger partial charge in [0.05, 0.1) is 17.6 Å². The molecule has 1 N–H and O–H groups in total. The molecule has 1 aliphatic heterocycles. The number of likely N-dealkylation sites (tertiary alicyclic amines) is 1. The molecule has 1 saturated heterocycles. The number of carboxylic acids is 1. The summed E-state index contributed by atoms with van der Waals surface area (Å²) < 4.78 is 6.07. The van der Waals surface area contributed by atoms with Crippen LogP contribution in [0.5, 0.6) is 5.75 Å². The highest BCUT2D eigenvalue weighted by atomic mass is 16.5. The van der Waals surface area contributed by atoms with Gasteiger partial charge in [0.25, 0.3) is 0 Å². The number of carbonyl (C=O) groups is 1. The Bertz CT molecular complexity index is 1130. The molecule has 164 valence electrons. The molecule has 32 heavy (non-hydrogen) atoms. The van der Waals surface area contributed by atoms with E-state index in [-0.39, 0.29) is 5.92 Å². The standard InChI is InChI=1S/C27H28N2O3/c1-17-21(13-29-14-23(15-29)27(30)31)6-5-20-11-24(7-9-25(17)20)32-16-18-2-8-26(19-3-4-19)22(10-18)12-28/h2,7-11,19,23H,3-6,13-16H2,1H3,(H,30,31). The van der Waals surface area contributed by atoms with E-state index in [1.54, 1.807) is 0 Å². The van der Waals surface area contributed by atoms with Gasteiger partial charge < -0.3 is 9.84 Å². The molecule has 5 heteroatoms. The Balaban J connectivity index is 1.24. The van der Waals surface area contributed by atoms with Crippen molar-refractivity contribution < 1.29 is 14.6 Å². The van der Waals surface area contributed by atoms with Crippen LogP contribution in [-0.4, -0.2) is 35.6 Å². The number of allylic oxidation sites excluding steroid dienone is 1. The molecule has 2 aliphatic carbocycles. The van der Waals surface area contributed by atoms with E-state index in [1.165, 1.54) is 40.7 Å². The number of aliphatic carboxylic acids is 1. The van der Waals surface area contributed by atoms with Gasteiger partial charge in [-0.3, -0.25) is 9.69 Å². The summed E-state index contributed by atoms with van der Waals surface area (Å²) >= 11 is 0. The zero-order chi connectivity index (χ0) is 22.2. The summed E-state index contributed by atoms with van der Waals surface area (Å²) in [4.78, 5) is 13.3. The number of carboxylic acid groups (broad SMARTS) is 1. The van der Waals surface area contributed by atoms with Crippen molar-refractivity contribution in [1.29, 1.82) is 5.26 Å². The molecule has 0 atom stereocenters. The minimum atomic E-state index is -0.684.